The number of rotatable bonds is 4. The fourth-order valence-electron chi connectivity index (χ4n) is 4.16. The van der Waals surface area contributed by atoms with Gasteiger partial charge in [0, 0.05) is 43.8 Å². The summed E-state index contributed by atoms with van der Waals surface area (Å²) in [7, 11) is 3.50. The van der Waals surface area contributed by atoms with Crippen molar-refractivity contribution in [3.8, 4) is 0 Å². The van der Waals surface area contributed by atoms with Gasteiger partial charge in [0.25, 0.3) is 5.91 Å². The van der Waals surface area contributed by atoms with Gasteiger partial charge < -0.3 is 19.9 Å². The van der Waals surface area contributed by atoms with Gasteiger partial charge in [-0.3, -0.25) is 4.79 Å². The molecule has 1 aliphatic carbocycles. The Labute approximate surface area is 174 Å². The highest BCUT2D eigenvalue weighted by atomic mass is 16.4. The smallest absolute Gasteiger partial charge is 0.333 e. The van der Waals surface area contributed by atoms with Gasteiger partial charge in [0.2, 0.25) is 5.95 Å². The summed E-state index contributed by atoms with van der Waals surface area (Å²) in [5, 5.41) is 13.1. The quantitative estimate of drug-likeness (QED) is 0.801. The van der Waals surface area contributed by atoms with Crippen molar-refractivity contribution in [3.05, 3.63) is 29.7 Å². The van der Waals surface area contributed by atoms with Gasteiger partial charge in [0.15, 0.2) is 0 Å². The number of hydrogen-bond donors (Lipinski definition) is 2. The number of amidine groups is 1. The molecule has 0 aromatic carbocycles. The highest BCUT2D eigenvalue weighted by Crippen LogP contribution is 2.34. The molecule has 1 saturated carbocycles. The van der Waals surface area contributed by atoms with Gasteiger partial charge in [-0.15, -0.1) is 0 Å². The summed E-state index contributed by atoms with van der Waals surface area (Å²) in [6.07, 6.45) is 7.82. The van der Waals surface area contributed by atoms with Crippen LogP contribution >= 0.6 is 0 Å². The Hall–Kier alpha value is -3.23. The molecule has 4 rings (SSSR count). The Morgan fingerprint density at radius 3 is 2.63 bits per heavy atom. The van der Waals surface area contributed by atoms with Crippen LogP contribution < -0.4 is 5.32 Å². The van der Waals surface area contributed by atoms with E-state index >= 15 is 0 Å². The lowest BCUT2D eigenvalue weighted by Gasteiger charge is -2.20. The van der Waals surface area contributed by atoms with E-state index < -0.39 is 5.97 Å². The molecule has 1 atom stereocenters. The topological polar surface area (TPSA) is 113 Å². The first-order valence-electron chi connectivity index (χ1n) is 10.2. The van der Waals surface area contributed by atoms with Crippen LogP contribution in [-0.2, 0) is 4.79 Å². The van der Waals surface area contributed by atoms with Gasteiger partial charge in [-0.25, -0.2) is 14.8 Å². The van der Waals surface area contributed by atoms with Crippen molar-refractivity contribution >= 4 is 34.7 Å². The number of nitrogens with one attached hydrogen (secondary N) is 1. The van der Waals surface area contributed by atoms with Crippen LogP contribution in [-0.4, -0.2) is 56.3 Å². The fraction of sp³-hybridized carbons (Fsp3) is 0.476. The van der Waals surface area contributed by atoms with Crippen LogP contribution in [0.25, 0.3) is 11.0 Å². The summed E-state index contributed by atoms with van der Waals surface area (Å²) in [4.78, 5) is 38.9. The van der Waals surface area contributed by atoms with E-state index in [9.17, 15) is 9.59 Å². The van der Waals surface area contributed by atoms with Crippen molar-refractivity contribution in [2.24, 2.45) is 10.9 Å². The Kier molecular flexibility index (Phi) is 5.27. The third-order valence-electron chi connectivity index (χ3n) is 5.76. The van der Waals surface area contributed by atoms with Gasteiger partial charge in [-0.1, -0.05) is 19.8 Å². The number of carboxylic acids is 1. The number of carboxylic acid groups (broad SMARTS) is 1. The molecule has 2 N–H and O–H groups in total. The summed E-state index contributed by atoms with van der Waals surface area (Å²) in [5.74, 6) is -0.0712. The summed E-state index contributed by atoms with van der Waals surface area (Å²) >= 11 is 0. The molecule has 2 aliphatic rings. The molecule has 0 bridgehead atoms. The maximum absolute atomic E-state index is 12.8. The molecule has 2 aromatic heterocycles. The van der Waals surface area contributed by atoms with E-state index in [0.717, 1.165) is 36.7 Å². The monoisotopic (exact) mass is 410 g/mol. The second kappa shape index (κ2) is 7.89. The molecule has 0 radical (unpaired) electrons. The molecule has 158 valence electrons. The average Bonchev–Trinajstić information content (AvgIpc) is 3.35. The molecule has 30 heavy (non-hydrogen) atoms. The number of nitrogens with zero attached hydrogens (tertiary/aromatic N) is 5. The number of carbonyl (C=O) groups excluding carboxylic acids is 1. The SMILES string of the molecule is CC1CC(C(=O)O)=CN=C1Nc1ncc2cc(C(=O)N(C)C)n(C3CCCC3)c2n1. The third-order valence-corrected chi connectivity index (χ3v) is 5.76. The van der Waals surface area contributed by atoms with Crippen LogP contribution in [0.3, 0.4) is 0 Å². The van der Waals surface area contributed by atoms with Gasteiger partial charge >= 0.3 is 5.97 Å². The molecule has 3 heterocycles. The first kappa shape index (κ1) is 20.1. The van der Waals surface area contributed by atoms with Crippen LogP contribution in [0.1, 0.15) is 55.6 Å². The van der Waals surface area contributed by atoms with Gasteiger partial charge in [0.1, 0.15) is 17.2 Å². The van der Waals surface area contributed by atoms with Crippen molar-refractivity contribution in [3.63, 3.8) is 0 Å². The van der Waals surface area contributed by atoms with Gasteiger partial charge in [0.05, 0.1) is 5.57 Å². The molecule has 0 saturated heterocycles. The maximum Gasteiger partial charge on any atom is 0.333 e. The van der Waals surface area contributed by atoms with Crippen LogP contribution in [0.2, 0.25) is 0 Å². The number of aliphatic imine (C=N–C) groups is 1. The first-order valence-corrected chi connectivity index (χ1v) is 10.2. The van der Waals surface area contributed by atoms with E-state index in [1.807, 2.05) is 13.0 Å². The normalized spacial score (nSPS) is 19.5. The van der Waals surface area contributed by atoms with Gasteiger partial charge in [-0.05, 0) is 25.3 Å². The lowest BCUT2D eigenvalue weighted by atomic mass is 9.98. The Bertz CT molecular complexity index is 1060. The highest BCUT2D eigenvalue weighted by Gasteiger charge is 2.27. The minimum absolute atomic E-state index is 0.0500. The zero-order valence-corrected chi connectivity index (χ0v) is 17.4. The van der Waals surface area contributed by atoms with Crippen molar-refractivity contribution < 1.29 is 14.7 Å². The van der Waals surface area contributed by atoms with Crippen molar-refractivity contribution in [2.45, 2.75) is 45.1 Å². The number of amides is 1. The average molecular weight is 410 g/mol. The Balaban J connectivity index is 1.72. The summed E-state index contributed by atoms with van der Waals surface area (Å²) in [6.45, 7) is 1.91. The second-order valence-corrected chi connectivity index (χ2v) is 8.21. The molecule has 0 spiro atoms. The molecule has 9 heteroatoms. The molecule has 1 unspecified atom stereocenters. The molecule has 2 aromatic rings. The van der Waals surface area contributed by atoms with E-state index in [1.54, 1.807) is 25.2 Å². The molecule has 1 amide bonds. The Morgan fingerprint density at radius 1 is 1.27 bits per heavy atom. The number of anilines is 1. The number of aromatic nitrogens is 3. The number of hydrogen-bond acceptors (Lipinski definition) is 6. The fourth-order valence-corrected chi connectivity index (χ4v) is 4.16. The zero-order chi connectivity index (χ0) is 21.4. The first-order chi connectivity index (χ1) is 14.3. The predicted octanol–water partition coefficient (Wildman–Crippen LogP) is 3.07. The lowest BCUT2D eigenvalue weighted by Crippen LogP contribution is -2.26. The van der Waals surface area contributed by atoms with E-state index in [1.165, 1.54) is 6.20 Å². The standard InChI is InChI=1S/C21H26N6O3/c1-12-8-14(20(29)30)11-22-17(12)24-21-23-10-13-9-16(19(28)26(2)3)27(18(13)25-21)15-6-4-5-7-15/h9-12,15H,4-8H2,1-3H3,(H,29,30)(H,22,23,24,25). The van der Waals surface area contributed by atoms with Crippen molar-refractivity contribution in [2.75, 3.05) is 19.4 Å². The van der Waals surface area contributed by atoms with Crippen LogP contribution in [0.4, 0.5) is 5.95 Å². The zero-order valence-electron chi connectivity index (χ0n) is 17.4. The van der Waals surface area contributed by atoms with Crippen LogP contribution in [0.15, 0.2) is 29.0 Å². The molecule has 1 aliphatic heterocycles. The summed E-state index contributed by atoms with van der Waals surface area (Å²) in [5.41, 5.74) is 1.65. The minimum Gasteiger partial charge on any atom is -0.478 e. The van der Waals surface area contributed by atoms with E-state index in [-0.39, 0.29) is 23.4 Å². The highest BCUT2D eigenvalue weighted by molar-refractivity contribution is 6.00. The Morgan fingerprint density at radius 2 is 2.00 bits per heavy atom. The lowest BCUT2D eigenvalue weighted by molar-refractivity contribution is -0.132. The van der Waals surface area contributed by atoms with E-state index in [4.69, 9.17) is 10.1 Å². The number of carbonyl (C=O) groups is 2. The maximum atomic E-state index is 12.8. The predicted molar refractivity (Wildman–Crippen MR) is 114 cm³/mol. The van der Waals surface area contributed by atoms with Crippen molar-refractivity contribution in [1.82, 2.24) is 19.4 Å². The third kappa shape index (κ3) is 3.67. The minimum atomic E-state index is -0.949. The van der Waals surface area contributed by atoms with Crippen LogP contribution in [0.5, 0.6) is 0 Å². The second-order valence-electron chi connectivity index (χ2n) is 8.21. The summed E-state index contributed by atoms with van der Waals surface area (Å²) < 4.78 is 2.06. The summed E-state index contributed by atoms with van der Waals surface area (Å²) in [6, 6.07) is 2.11. The number of aliphatic carboxylic acids is 1. The van der Waals surface area contributed by atoms with Crippen LogP contribution in [0, 0.1) is 5.92 Å². The number of fused-ring (bicyclic) bond motifs is 1. The molecular formula is C21H26N6O3. The molecular weight excluding hydrogens is 384 g/mol. The van der Waals surface area contributed by atoms with Crippen molar-refractivity contribution in [1.29, 1.82) is 0 Å². The molecule has 9 nitrogen and oxygen atoms in total. The molecule has 1 fully saturated rings. The van der Waals surface area contributed by atoms with Gasteiger partial charge in [-0.2, -0.15) is 4.98 Å². The largest absolute Gasteiger partial charge is 0.478 e. The van der Waals surface area contributed by atoms with E-state index in [0.29, 0.717) is 23.9 Å². The van der Waals surface area contributed by atoms with E-state index in [2.05, 4.69) is 19.9 Å².